The molecule has 4 aromatic carbocycles. The number of carboxylic acid groups (broad SMARTS) is 1. The van der Waals surface area contributed by atoms with Crippen molar-refractivity contribution >= 4 is 46.1 Å². The molecule has 5 nitrogen and oxygen atoms in total. The minimum atomic E-state index is -0.982. The summed E-state index contributed by atoms with van der Waals surface area (Å²) in [5.74, 6) is -1.18. The van der Waals surface area contributed by atoms with Crippen LogP contribution >= 0.6 is 23.4 Å². The quantitative estimate of drug-likeness (QED) is 0.212. The van der Waals surface area contributed by atoms with Crippen LogP contribution in [-0.4, -0.2) is 21.6 Å². The van der Waals surface area contributed by atoms with E-state index in [0.29, 0.717) is 17.1 Å². The number of carbonyl (C=O) groups is 2. The highest BCUT2D eigenvalue weighted by Crippen LogP contribution is 2.36. The first-order chi connectivity index (χ1) is 18.4. The standard InChI is InChI=1S/C31H25ClN2O3S/c1-20(22-10-12-23(13-11-22)31(36)37)33-30(35)27-14-15-28(38-25-8-3-2-4-9-25)26-16-17-34(29(26)27)19-21-6-5-7-24(32)18-21/h2-18,20H,19H2,1H3,(H,33,35)(H,36,37)/t20-/m0/s1. The molecule has 0 spiro atoms. The number of carboxylic acids is 1. The fourth-order valence-corrected chi connectivity index (χ4v) is 5.59. The molecule has 0 aliphatic rings. The first-order valence-corrected chi connectivity index (χ1v) is 13.3. The van der Waals surface area contributed by atoms with Gasteiger partial charge in [0.05, 0.1) is 22.7 Å². The summed E-state index contributed by atoms with van der Waals surface area (Å²) >= 11 is 7.89. The summed E-state index contributed by atoms with van der Waals surface area (Å²) in [7, 11) is 0. The number of amides is 1. The Kier molecular flexibility index (Phi) is 7.54. The number of nitrogens with one attached hydrogen (secondary N) is 1. The summed E-state index contributed by atoms with van der Waals surface area (Å²) in [4.78, 5) is 27.0. The summed E-state index contributed by atoms with van der Waals surface area (Å²) in [5, 5.41) is 13.9. The molecule has 0 bridgehead atoms. The van der Waals surface area contributed by atoms with E-state index >= 15 is 0 Å². The van der Waals surface area contributed by atoms with Gasteiger partial charge in [-0.15, -0.1) is 0 Å². The Morgan fingerprint density at radius 1 is 0.947 bits per heavy atom. The average molecular weight is 541 g/mol. The molecule has 5 rings (SSSR count). The number of benzene rings is 4. The van der Waals surface area contributed by atoms with E-state index in [1.165, 1.54) is 0 Å². The molecule has 1 heterocycles. The lowest BCUT2D eigenvalue weighted by molar-refractivity contribution is 0.0696. The molecular weight excluding hydrogens is 516 g/mol. The minimum Gasteiger partial charge on any atom is -0.478 e. The zero-order chi connectivity index (χ0) is 26.6. The molecule has 0 saturated carbocycles. The summed E-state index contributed by atoms with van der Waals surface area (Å²) in [6.07, 6.45) is 2.01. The predicted octanol–water partition coefficient (Wildman–Crippen LogP) is 7.68. The molecule has 0 unspecified atom stereocenters. The third-order valence-corrected chi connectivity index (χ3v) is 7.67. The third-order valence-electron chi connectivity index (χ3n) is 6.35. The number of aromatic nitrogens is 1. The number of hydrogen-bond donors (Lipinski definition) is 2. The monoisotopic (exact) mass is 540 g/mol. The van der Waals surface area contributed by atoms with Gasteiger partial charge < -0.3 is 15.0 Å². The first kappa shape index (κ1) is 25.6. The van der Waals surface area contributed by atoms with Crippen LogP contribution in [0, 0.1) is 0 Å². The van der Waals surface area contributed by atoms with Gasteiger partial charge in [0.25, 0.3) is 5.91 Å². The number of halogens is 1. The molecule has 1 atom stereocenters. The van der Waals surface area contributed by atoms with Gasteiger partial charge in [0.2, 0.25) is 0 Å². The van der Waals surface area contributed by atoms with Crippen molar-refractivity contribution in [2.75, 3.05) is 0 Å². The van der Waals surface area contributed by atoms with Crippen molar-refractivity contribution in [3.63, 3.8) is 0 Å². The largest absolute Gasteiger partial charge is 0.478 e. The zero-order valence-electron chi connectivity index (χ0n) is 20.6. The van der Waals surface area contributed by atoms with Gasteiger partial charge >= 0.3 is 5.97 Å². The van der Waals surface area contributed by atoms with Crippen molar-refractivity contribution in [2.24, 2.45) is 0 Å². The molecule has 7 heteroatoms. The number of nitrogens with zero attached hydrogens (tertiary/aromatic N) is 1. The van der Waals surface area contributed by atoms with Crippen molar-refractivity contribution in [3.05, 3.63) is 131 Å². The number of carbonyl (C=O) groups excluding carboxylic acids is 1. The van der Waals surface area contributed by atoms with Crippen LogP contribution in [0.4, 0.5) is 0 Å². The van der Waals surface area contributed by atoms with Crippen LogP contribution in [0.5, 0.6) is 0 Å². The SMILES string of the molecule is C[C@H](NC(=O)c1ccc(Sc2ccccc2)c2ccn(Cc3cccc(Cl)c3)c12)c1ccc(C(=O)O)cc1. The molecule has 0 aliphatic heterocycles. The third kappa shape index (κ3) is 5.62. The normalized spacial score (nSPS) is 11.8. The van der Waals surface area contributed by atoms with Gasteiger partial charge in [-0.05, 0) is 72.6 Å². The smallest absolute Gasteiger partial charge is 0.335 e. The maximum atomic E-state index is 13.6. The van der Waals surface area contributed by atoms with E-state index in [0.717, 1.165) is 31.8 Å². The van der Waals surface area contributed by atoms with E-state index in [9.17, 15) is 9.59 Å². The van der Waals surface area contributed by atoms with Gasteiger partial charge in [0.15, 0.2) is 0 Å². The number of aromatic carboxylic acids is 1. The van der Waals surface area contributed by atoms with E-state index in [-0.39, 0.29) is 17.5 Å². The van der Waals surface area contributed by atoms with Crippen LogP contribution in [0.25, 0.3) is 10.9 Å². The van der Waals surface area contributed by atoms with Crippen LogP contribution in [0.1, 0.15) is 44.8 Å². The molecule has 2 N–H and O–H groups in total. The van der Waals surface area contributed by atoms with Crippen molar-refractivity contribution in [2.45, 2.75) is 29.3 Å². The van der Waals surface area contributed by atoms with Gasteiger partial charge in [-0.2, -0.15) is 0 Å². The lowest BCUT2D eigenvalue weighted by Gasteiger charge is -2.17. The Morgan fingerprint density at radius 3 is 2.42 bits per heavy atom. The maximum Gasteiger partial charge on any atom is 0.335 e. The Bertz CT molecular complexity index is 1610. The molecule has 0 saturated heterocycles. The van der Waals surface area contributed by atoms with Gasteiger partial charge in [0, 0.05) is 32.9 Å². The number of rotatable bonds is 8. The summed E-state index contributed by atoms with van der Waals surface area (Å²) in [6.45, 7) is 2.45. The molecule has 0 radical (unpaired) electrons. The molecule has 0 fully saturated rings. The topological polar surface area (TPSA) is 71.3 Å². The van der Waals surface area contributed by atoms with Gasteiger partial charge in [-0.1, -0.05) is 65.8 Å². The highest BCUT2D eigenvalue weighted by molar-refractivity contribution is 7.99. The lowest BCUT2D eigenvalue weighted by atomic mass is 10.0. The predicted molar refractivity (Wildman–Crippen MR) is 152 cm³/mol. The van der Waals surface area contributed by atoms with Crippen molar-refractivity contribution in [1.82, 2.24) is 9.88 Å². The van der Waals surface area contributed by atoms with Crippen LogP contribution < -0.4 is 5.32 Å². The first-order valence-electron chi connectivity index (χ1n) is 12.1. The van der Waals surface area contributed by atoms with E-state index < -0.39 is 5.97 Å². The molecule has 190 valence electrons. The minimum absolute atomic E-state index is 0.202. The fraction of sp³-hybridized carbons (Fsp3) is 0.0968. The second-order valence-corrected chi connectivity index (χ2v) is 10.5. The summed E-state index contributed by atoms with van der Waals surface area (Å²) < 4.78 is 2.08. The highest BCUT2D eigenvalue weighted by atomic mass is 35.5. The second kappa shape index (κ2) is 11.2. The Balaban J connectivity index is 1.50. The molecule has 38 heavy (non-hydrogen) atoms. The molecule has 1 amide bonds. The van der Waals surface area contributed by atoms with Crippen molar-refractivity contribution in [1.29, 1.82) is 0 Å². The number of fused-ring (bicyclic) bond motifs is 1. The average Bonchev–Trinajstić information content (AvgIpc) is 3.33. The lowest BCUT2D eigenvalue weighted by Crippen LogP contribution is -2.27. The summed E-state index contributed by atoms with van der Waals surface area (Å²) in [5.41, 5.74) is 3.48. The van der Waals surface area contributed by atoms with E-state index in [4.69, 9.17) is 16.7 Å². The van der Waals surface area contributed by atoms with Gasteiger partial charge in [-0.25, -0.2) is 4.79 Å². The van der Waals surface area contributed by atoms with Crippen LogP contribution in [-0.2, 0) is 6.54 Å². The Morgan fingerprint density at radius 2 is 1.71 bits per heavy atom. The van der Waals surface area contributed by atoms with E-state index in [2.05, 4.69) is 28.1 Å². The maximum absolute atomic E-state index is 13.6. The fourth-order valence-electron chi connectivity index (χ4n) is 4.42. The Labute approximate surface area is 230 Å². The van der Waals surface area contributed by atoms with Crippen LogP contribution in [0.2, 0.25) is 5.02 Å². The molecule has 1 aromatic heterocycles. The summed E-state index contributed by atoms with van der Waals surface area (Å²) in [6, 6.07) is 30.0. The number of hydrogen-bond acceptors (Lipinski definition) is 3. The van der Waals surface area contributed by atoms with E-state index in [1.807, 2.05) is 67.7 Å². The molecule has 0 aliphatic carbocycles. The van der Waals surface area contributed by atoms with E-state index in [1.54, 1.807) is 36.0 Å². The highest BCUT2D eigenvalue weighted by Gasteiger charge is 2.19. The van der Waals surface area contributed by atoms with Crippen molar-refractivity contribution in [3.8, 4) is 0 Å². The Hall–Kier alpha value is -4.00. The molecular formula is C31H25ClN2O3S. The van der Waals surface area contributed by atoms with Gasteiger partial charge in [0.1, 0.15) is 0 Å². The van der Waals surface area contributed by atoms with Gasteiger partial charge in [-0.3, -0.25) is 4.79 Å². The van der Waals surface area contributed by atoms with Crippen LogP contribution in [0.15, 0.2) is 113 Å². The second-order valence-electron chi connectivity index (χ2n) is 8.98. The van der Waals surface area contributed by atoms with Crippen LogP contribution in [0.3, 0.4) is 0 Å². The molecule has 5 aromatic rings. The zero-order valence-corrected chi connectivity index (χ0v) is 22.2. The van der Waals surface area contributed by atoms with Crippen molar-refractivity contribution < 1.29 is 14.7 Å².